The summed E-state index contributed by atoms with van der Waals surface area (Å²) in [6, 6.07) is 14.4. The zero-order valence-corrected chi connectivity index (χ0v) is 13.9. The van der Waals surface area contributed by atoms with E-state index in [1.54, 1.807) is 31.2 Å². The number of carboxylic acid groups (broad SMARTS) is 1. The molecule has 0 aliphatic carbocycles. The summed E-state index contributed by atoms with van der Waals surface area (Å²) in [5.41, 5.74) is 2.45. The lowest BCUT2D eigenvalue weighted by molar-refractivity contribution is -0.136. The van der Waals surface area contributed by atoms with E-state index in [9.17, 15) is 14.7 Å². The van der Waals surface area contributed by atoms with Crippen LogP contribution in [-0.2, 0) is 9.53 Å². The Labute approximate surface area is 143 Å². The zero-order chi connectivity index (χ0) is 16.8. The number of hydrogen-bond donors (Lipinski definition) is 1. The highest BCUT2D eigenvalue weighted by molar-refractivity contribution is 8.14. The van der Waals surface area contributed by atoms with Gasteiger partial charge in [-0.25, -0.2) is 4.79 Å². The minimum absolute atomic E-state index is 0.216. The lowest BCUT2D eigenvalue weighted by Crippen LogP contribution is -2.11. The molecule has 0 aliphatic heterocycles. The van der Waals surface area contributed by atoms with E-state index in [4.69, 9.17) is 16.3 Å². The Hall–Kier alpha value is -1.98. The Bertz CT molecular complexity index is 683. The Balaban J connectivity index is 2.20. The maximum atomic E-state index is 11.5. The smallest absolute Gasteiger partial charge is 0.368 e. The van der Waals surface area contributed by atoms with Crippen LogP contribution in [0.15, 0.2) is 48.5 Å². The number of aliphatic carboxylic acids is 1. The van der Waals surface area contributed by atoms with Crippen molar-refractivity contribution in [3.05, 3.63) is 59.1 Å². The monoisotopic (exact) mass is 350 g/mol. The van der Waals surface area contributed by atoms with E-state index in [1.165, 1.54) is 0 Å². The quantitative estimate of drug-likeness (QED) is 0.767. The van der Waals surface area contributed by atoms with Gasteiger partial charge in [0.05, 0.1) is 6.61 Å². The minimum atomic E-state index is -1.08. The molecule has 0 saturated carbocycles. The van der Waals surface area contributed by atoms with Gasteiger partial charge in [-0.1, -0.05) is 48.0 Å². The molecular formula is C17H15ClO4S. The molecular weight excluding hydrogens is 336 g/mol. The SMILES string of the molecule is CCOC(=O)SC(C(=O)O)c1ccc(-c2ccc(Cl)cc2)cc1. The first kappa shape index (κ1) is 17.4. The number of hydrogen-bond acceptors (Lipinski definition) is 4. The van der Waals surface area contributed by atoms with E-state index in [-0.39, 0.29) is 6.61 Å². The summed E-state index contributed by atoms with van der Waals surface area (Å²) in [6.07, 6.45) is 0. The molecule has 4 nitrogen and oxygen atoms in total. The van der Waals surface area contributed by atoms with Crippen molar-refractivity contribution in [2.75, 3.05) is 6.61 Å². The van der Waals surface area contributed by atoms with Gasteiger partial charge in [-0.2, -0.15) is 0 Å². The van der Waals surface area contributed by atoms with E-state index in [2.05, 4.69) is 0 Å². The Morgan fingerprint density at radius 2 is 1.61 bits per heavy atom. The molecule has 1 N–H and O–H groups in total. The average molecular weight is 351 g/mol. The first-order valence-electron chi connectivity index (χ1n) is 6.93. The van der Waals surface area contributed by atoms with Crippen LogP contribution in [0.3, 0.4) is 0 Å². The fraction of sp³-hybridized carbons (Fsp3) is 0.176. The molecule has 6 heteroatoms. The van der Waals surface area contributed by atoms with E-state index >= 15 is 0 Å². The van der Waals surface area contributed by atoms with Crippen molar-refractivity contribution in [2.24, 2.45) is 0 Å². The number of carbonyl (C=O) groups excluding carboxylic acids is 1. The van der Waals surface area contributed by atoms with Gasteiger partial charge >= 0.3 is 11.3 Å². The van der Waals surface area contributed by atoms with E-state index in [0.717, 1.165) is 11.1 Å². The molecule has 0 heterocycles. The third-order valence-electron chi connectivity index (χ3n) is 3.09. The van der Waals surface area contributed by atoms with Crippen molar-refractivity contribution in [2.45, 2.75) is 12.2 Å². The highest BCUT2D eigenvalue weighted by Gasteiger charge is 2.25. The van der Waals surface area contributed by atoms with Crippen LogP contribution in [0.1, 0.15) is 17.7 Å². The molecule has 1 unspecified atom stereocenters. The molecule has 0 bridgehead atoms. The summed E-state index contributed by atoms with van der Waals surface area (Å²) in [6.45, 7) is 1.89. The topological polar surface area (TPSA) is 63.6 Å². The van der Waals surface area contributed by atoms with Crippen molar-refractivity contribution in [3.8, 4) is 11.1 Å². The summed E-state index contributed by atoms with van der Waals surface area (Å²) in [5.74, 6) is -1.08. The Morgan fingerprint density at radius 3 is 2.09 bits per heavy atom. The van der Waals surface area contributed by atoms with Crippen LogP contribution < -0.4 is 0 Å². The van der Waals surface area contributed by atoms with Crippen molar-refractivity contribution in [3.63, 3.8) is 0 Å². The number of rotatable bonds is 5. The highest BCUT2D eigenvalue weighted by Crippen LogP contribution is 2.32. The van der Waals surface area contributed by atoms with Crippen LogP contribution in [0.5, 0.6) is 0 Å². The van der Waals surface area contributed by atoms with Gasteiger partial charge in [0.25, 0.3) is 0 Å². The summed E-state index contributed by atoms with van der Waals surface area (Å²) >= 11 is 6.52. The summed E-state index contributed by atoms with van der Waals surface area (Å²) in [5, 5.41) is 8.38. The van der Waals surface area contributed by atoms with Gasteiger partial charge < -0.3 is 9.84 Å². The largest absolute Gasteiger partial charge is 0.480 e. The van der Waals surface area contributed by atoms with Crippen LogP contribution in [0, 0.1) is 0 Å². The maximum Gasteiger partial charge on any atom is 0.368 e. The Morgan fingerprint density at radius 1 is 1.09 bits per heavy atom. The second-order valence-corrected chi connectivity index (χ2v) is 6.12. The predicted octanol–water partition coefficient (Wildman–Crippen LogP) is 5.02. The molecule has 23 heavy (non-hydrogen) atoms. The molecule has 2 aromatic rings. The summed E-state index contributed by atoms with van der Waals surface area (Å²) in [4.78, 5) is 22.9. The second-order valence-electron chi connectivity index (χ2n) is 4.65. The molecule has 0 saturated heterocycles. The molecule has 1 atom stereocenters. The first-order valence-corrected chi connectivity index (χ1v) is 8.19. The molecule has 2 aromatic carbocycles. The van der Waals surface area contributed by atoms with Crippen LogP contribution in [-0.4, -0.2) is 23.0 Å². The van der Waals surface area contributed by atoms with Crippen molar-refractivity contribution in [1.29, 1.82) is 0 Å². The molecule has 0 spiro atoms. The normalized spacial score (nSPS) is 11.7. The minimum Gasteiger partial charge on any atom is -0.480 e. The maximum absolute atomic E-state index is 11.5. The lowest BCUT2D eigenvalue weighted by Gasteiger charge is -2.12. The van der Waals surface area contributed by atoms with Crippen LogP contribution >= 0.6 is 23.4 Å². The molecule has 2 rings (SSSR count). The molecule has 0 aromatic heterocycles. The first-order chi connectivity index (χ1) is 11.0. The number of ether oxygens (including phenoxy) is 1. The van der Waals surface area contributed by atoms with Gasteiger partial charge in [-0.05, 0) is 47.5 Å². The number of halogens is 1. The van der Waals surface area contributed by atoms with Crippen molar-refractivity contribution >= 4 is 34.6 Å². The molecule has 0 amide bonds. The highest BCUT2D eigenvalue weighted by atomic mass is 35.5. The van der Waals surface area contributed by atoms with Crippen LogP contribution in [0.25, 0.3) is 11.1 Å². The van der Waals surface area contributed by atoms with Gasteiger partial charge in [0.15, 0.2) is 0 Å². The van der Waals surface area contributed by atoms with E-state index in [0.29, 0.717) is 22.3 Å². The standard InChI is InChI=1S/C17H15ClO4S/c1-2-22-17(21)23-15(16(19)20)13-5-3-11(4-6-13)12-7-9-14(18)10-8-12/h3-10,15H,2H2,1H3,(H,19,20). The molecule has 0 radical (unpaired) electrons. The predicted molar refractivity (Wildman–Crippen MR) is 91.9 cm³/mol. The summed E-state index contributed by atoms with van der Waals surface area (Å²) < 4.78 is 4.80. The lowest BCUT2D eigenvalue weighted by atomic mass is 10.0. The third-order valence-corrected chi connectivity index (χ3v) is 4.36. The van der Waals surface area contributed by atoms with Gasteiger partial charge in [-0.15, -0.1) is 0 Å². The van der Waals surface area contributed by atoms with E-state index < -0.39 is 16.5 Å². The third kappa shape index (κ3) is 4.74. The van der Waals surface area contributed by atoms with Crippen molar-refractivity contribution in [1.82, 2.24) is 0 Å². The van der Waals surface area contributed by atoms with Crippen molar-refractivity contribution < 1.29 is 19.4 Å². The van der Waals surface area contributed by atoms with Gasteiger partial charge in [0.2, 0.25) is 0 Å². The van der Waals surface area contributed by atoms with Gasteiger partial charge in [0.1, 0.15) is 5.25 Å². The molecule has 120 valence electrons. The number of carboxylic acids is 1. The Kier molecular flexibility index (Phi) is 6.07. The van der Waals surface area contributed by atoms with Crippen LogP contribution in [0.2, 0.25) is 5.02 Å². The van der Waals surface area contributed by atoms with Crippen LogP contribution in [0.4, 0.5) is 4.79 Å². The fourth-order valence-corrected chi connectivity index (χ4v) is 2.90. The van der Waals surface area contributed by atoms with Gasteiger partial charge in [0, 0.05) is 5.02 Å². The summed E-state index contributed by atoms with van der Waals surface area (Å²) in [7, 11) is 0. The van der Waals surface area contributed by atoms with E-state index in [1.807, 2.05) is 24.3 Å². The molecule has 0 fully saturated rings. The fourth-order valence-electron chi connectivity index (χ4n) is 2.00. The zero-order valence-electron chi connectivity index (χ0n) is 12.4. The molecule has 0 aliphatic rings. The number of carbonyl (C=O) groups is 2. The average Bonchev–Trinajstić information content (AvgIpc) is 2.54. The van der Waals surface area contributed by atoms with Gasteiger partial charge in [-0.3, -0.25) is 4.79 Å². The number of benzene rings is 2. The second kappa shape index (κ2) is 8.04. The number of thioether (sulfide) groups is 1.